The van der Waals surface area contributed by atoms with E-state index < -0.39 is 17.8 Å². The summed E-state index contributed by atoms with van der Waals surface area (Å²) in [6.07, 6.45) is 3.63. The van der Waals surface area contributed by atoms with Gasteiger partial charge in [0.25, 0.3) is 0 Å². The van der Waals surface area contributed by atoms with Gasteiger partial charge in [0.1, 0.15) is 0 Å². The van der Waals surface area contributed by atoms with E-state index in [9.17, 15) is 14.7 Å². The van der Waals surface area contributed by atoms with Crippen LogP contribution in [0.3, 0.4) is 0 Å². The Morgan fingerprint density at radius 3 is 2.62 bits per heavy atom. The van der Waals surface area contributed by atoms with Crippen LogP contribution in [-0.4, -0.2) is 11.9 Å². The molecule has 0 aliphatic heterocycles. The third-order valence-corrected chi connectivity index (χ3v) is 5.09. The van der Waals surface area contributed by atoms with Crippen LogP contribution < -0.4 is 10.4 Å². The number of anilines is 1. The summed E-state index contributed by atoms with van der Waals surface area (Å²) in [4.78, 5) is 23.9. The van der Waals surface area contributed by atoms with Gasteiger partial charge in [0.05, 0.1) is 0 Å². The molecule has 2 aliphatic carbocycles. The van der Waals surface area contributed by atoms with Gasteiger partial charge in [-0.2, -0.15) is 0 Å². The van der Waals surface area contributed by atoms with Crippen LogP contribution in [0.4, 0.5) is 5.69 Å². The maximum absolute atomic E-state index is 12.5. The minimum Gasteiger partial charge on any atom is -0.550 e. The number of carbonyl (C=O) groups excluding carboxylic acids is 2. The third-order valence-electron chi connectivity index (χ3n) is 5.09. The summed E-state index contributed by atoms with van der Waals surface area (Å²) in [5, 5.41) is 14.3. The lowest BCUT2D eigenvalue weighted by Gasteiger charge is -2.30. The summed E-state index contributed by atoms with van der Waals surface area (Å²) >= 11 is 0. The molecule has 0 saturated heterocycles. The van der Waals surface area contributed by atoms with Crippen molar-refractivity contribution in [1.82, 2.24) is 0 Å². The lowest BCUT2D eigenvalue weighted by atomic mass is 9.78. The number of rotatable bonds is 4. The van der Waals surface area contributed by atoms with Crippen molar-refractivity contribution >= 4 is 17.6 Å². The van der Waals surface area contributed by atoms with Crippen molar-refractivity contribution in [2.45, 2.75) is 32.6 Å². The molecule has 21 heavy (non-hydrogen) atoms. The summed E-state index contributed by atoms with van der Waals surface area (Å²) < 4.78 is 0. The molecule has 112 valence electrons. The zero-order valence-corrected chi connectivity index (χ0v) is 12.2. The van der Waals surface area contributed by atoms with E-state index >= 15 is 0 Å². The monoisotopic (exact) mass is 286 g/mol. The number of aryl methyl sites for hydroxylation is 1. The van der Waals surface area contributed by atoms with Gasteiger partial charge in [-0.15, -0.1) is 0 Å². The van der Waals surface area contributed by atoms with Gasteiger partial charge in [0.2, 0.25) is 5.91 Å². The van der Waals surface area contributed by atoms with E-state index in [2.05, 4.69) is 12.2 Å². The number of carbonyl (C=O) groups is 2. The highest BCUT2D eigenvalue weighted by Gasteiger charge is 2.51. The Labute approximate surface area is 124 Å². The fourth-order valence-corrected chi connectivity index (χ4v) is 4.10. The van der Waals surface area contributed by atoms with Crippen LogP contribution in [-0.2, 0) is 16.0 Å². The lowest BCUT2D eigenvalue weighted by molar-refractivity contribution is -0.314. The first-order valence-electron chi connectivity index (χ1n) is 7.70. The second-order valence-corrected chi connectivity index (χ2v) is 6.25. The van der Waals surface area contributed by atoms with Gasteiger partial charge in [-0.05, 0) is 55.2 Å². The first-order valence-corrected chi connectivity index (χ1v) is 7.70. The van der Waals surface area contributed by atoms with Crippen LogP contribution in [0.25, 0.3) is 0 Å². The van der Waals surface area contributed by atoms with Crippen molar-refractivity contribution in [3.05, 3.63) is 29.8 Å². The maximum Gasteiger partial charge on any atom is 0.228 e. The fourth-order valence-electron chi connectivity index (χ4n) is 4.10. The maximum atomic E-state index is 12.5. The minimum absolute atomic E-state index is 0.123. The Kier molecular flexibility index (Phi) is 3.70. The van der Waals surface area contributed by atoms with Crippen LogP contribution in [0.5, 0.6) is 0 Å². The first kappa shape index (κ1) is 14.1. The second-order valence-electron chi connectivity index (χ2n) is 6.25. The van der Waals surface area contributed by atoms with Crippen LogP contribution in [0.15, 0.2) is 24.3 Å². The van der Waals surface area contributed by atoms with Gasteiger partial charge in [0.15, 0.2) is 0 Å². The Hall–Kier alpha value is -1.84. The van der Waals surface area contributed by atoms with Crippen LogP contribution in [0.1, 0.15) is 31.7 Å². The number of aliphatic carboxylic acids is 1. The number of hydrogen-bond donors (Lipinski definition) is 1. The molecule has 2 saturated carbocycles. The van der Waals surface area contributed by atoms with E-state index in [4.69, 9.17) is 0 Å². The summed E-state index contributed by atoms with van der Waals surface area (Å²) in [7, 11) is 0. The molecule has 0 aromatic heterocycles. The van der Waals surface area contributed by atoms with E-state index in [-0.39, 0.29) is 17.7 Å². The van der Waals surface area contributed by atoms with E-state index in [0.29, 0.717) is 0 Å². The molecule has 1 amide bonds. The highest BCUT2D eigenvalue weighted by atomic mass is 16.4. The average Bonchev–Trinajstić information content (AvgIpc) is 3.07. The second kappa shape index (κ2) is 5.51. The van der Waals surface area contributed by atoms with Crippen molar-refractivity contribution in [2.75, 3.05) is 5.32 Å². The topological polar surface area (TPSA) is 69.2 Å². The summed E-state index contributed by atoms with van der Waals surface area (Å²) in [6.45, 7) is 2.06. The standard InChI is InChI=1S/C17H21NO3/c1-2-10-4-3-5-13(8-10)18-16(19)14-11-6-7-12(9-11)15(14)17(20)21/h3-5,8,11-12,14-15H,2,6-7,9H2,1H3,(H,18,19)(H,20,21)/p-1/t11-,12-,14+,15-/m0/s1. The summed E-state index contributed by atoms with van der Waals surface area (Å²) in [5.74, 6) is -1.95. The summed E-state index contributed by atoms with van der Waals surface area (Å²) in [6, 6.07) is 7.71. The molecule has 0 radical (unpaired) electrons. The van der Waals surface area contributed by atoms with Gasteiger partial charge in [-0.25, -0.2) is 0 Å². The van der Waals surface area contributed by atoms with Crippen LogP contribution in [0, 0.1) is 23.7 Å². The highest BCUT2D eigenvalue weighted by molar-refractivity contribution is 5.95. The SMILES string of the molecule is CCc1cccc(NC(=O)[C@@H]2[C@H]3CC[C@@H](C3)[C@@H]2C(=O)[O-])c1. The molecule has 2 aliphatic rings. The molecule has 0 unspecified atom stereocenters. The van der Waals surface area contributed by atoms with Gasteiger partial charge in [-0.1, -0.05) is 19.1 Å². The number of carboxylic acids is 1. The molecule has 2 fully saturated rings. The van der Waals surface area contributed by atoms with Gasteiger partial charge in [-0.3, -0.25) is 4.79 Å². The third kappa shape index (κ3) is 2.55. The van der Waals surface area contributed by atoms with E-state index in [0.717, 1.165) is 36.9 Å². The summed E-state index contributed by atoms with van der Waals surface area (Å²) in [5.41, 5.74) is 1.90. The van der Waals surface area contributed by atoms with E-state index in [1.807, 2.05) is 24.3 Å². The zero-order chi connectivity index (χ0) is 15.0. The molecule has 3 rings (SSSR count). The minimum atomic E-state index is -1.07. The van der Waals surface area contributed by atoms with Crippen molar-refractivity contribution in [3.8, 4) is 0 Å². The normalized spacial score (nSPS) is 30.3. The molecule has 4 atom stereocenters. The largest absolute Gasteiger partial charge is 0.550 e. The van der Waals surface area contributed by atoms with Crippen LogP contribution in [0.2, 0.25) is 0 Å². The number of nitrogens with one attached hydrogen (secondary N) is 1. The molecule has 4 heteroatoms. The predicted octanol–water partition coefficient (Wildman–Crippen LogP) is 1.60. The van der Waals surface area contributed by atoms with Crippen molar-refractivity contribution in [2.24, 2.45) is 23.7 Å². The molecule has 2 bridgehead atoms. The lowest BCUT2D eigenvalue weighted by Crippen LogP contribution is -2.43. The van der Waals surface area contributed by atoms with Crippen molar-refractivity contribution in [1.29, 1.82) is 0 Å². The van der Waals surface area contributed by atoms with Gasteiger partial charge >= 0.3 is 0 Å². The first-order chi connectivity index (χ1) is 10.1. The molecule has 0 spiro atoms. The van der Waals surface area contributed by atoms with Crippen LogP contribution >= 0.6 is 0 Å². The molecule has 0 heterocycles. The molecule has 1 aromatic rings. The average molecular weight is 286 g/mol. The predicted molar refractivity (Wildman–Crippen MR) is 77.3 cm³/mol. The number of benzene rings is 1. The number of hydrogen-bond acceptors (Lipinski definition) is 3. The van der Waals surface area contributed by atoms with Crippen molar-refractivity contribution in [3.63, 3.8) is 0 Å². The van der Waals surface area contributed by atoms with E-state index in [1.165, 1.54) is 0 Å². The zero-order valence-electron chi connectivity index (χ0n) is 12.2. The Balaban J connectivity index is 1.76. The van der Waals surface area contributed by atoms with Gasteiger partial charge in [0, 0.05) is 23.5 Å². The Bertz CT molecular complexity index is 569. The number of amides is 1. The fraction of sp³-hybridized carbons (Fsp3) is 0.529. The van der Waals surface area contributed by atoms with Crippen molar-refractivity contribution < 1.29 is 14.7 Å². The molecule has 1 aromatic carbocycles. The highest BCUT2D eigenvalue weighted by Crippen LogP contribution is 2.52. The number of fused-ring (bicyclic) bond motifs is 2. The Morgan fingerprint density at radius 1 is 1.24 bits per heavy atom. The van der Waals surface area contributed by atoms with Gasteiger partial charge < -0.3 is 15.2 Å². The number of carboxylic acid groups (broad SMARTS) is 1. The molecule has 1 N–H and O–H groups in total. The molecule has 4 nitrogen and oxygen atoms in total. The smallest absolute Gasteiger partial charge is 0.228 e. The molecular formula is C17H20NO3-. The molecular weight excluding hydrogens is 266 g/mol. The Morgan fingerprint density at radius 2 is 1.95 bits per heavy atom. The quantitative estimate of drug-likeness (QED) is 0.914. The van der Waals surface area contributed by atoms with E-state index in [1.54, 1.807) is 0 Å².